The van der Waals surface area contributed by atoms with Gasteiger partial charge in [-0.3, -0.25) is 0 Å². The second kappa shape index (κ2) is 10.7. The molecule has 9 heteroatoms. The van der Waals surface area contributed by atoms with Gasteiger partial charge in [-0.25, -0.2) is 16.8 Å². The summed E-state index contributed by atoms with van der Waals surface area (Å²) in [6, 6.07) is 17.9. The topological polar surface area (TPSA) is 71.5 Å². The lowest BCUT2D eigenvalue weighted by molar-refractivity contribution is 0.345. The zero-order valence-electron chi connectivity index (χ0n) is 15.9. The van der Waals surface area contributed by atoms with E-state index in [1.54, 1.807) is 24.3 Å². The van der Waals surface area contributed by atoms with Crippen molar-refractivity contribution in [3.63, 3.8) is 0 Å². The van der Waals surface area contributed by atoms with Crippen LogP contribution in [-0.4, -0.2) is 53.4 Å². The maximum atomic E-state index is 12.4. The van der Waals surface area contributed by atoms with Crippen LogP contribution in [0.2, 0.25) is 0 Å². The van der Waals surface area contributed by atoms with E-state index in [-0.39, 0.29) is 17.5 Å². The quantitative estimate of drug-likeness (QED) is 0.477. The summed E-state index contributed by atoms with van der Waals surface area (Å²) in [5.74, 6) is 0.572. The van der Waals surface area contributed by atoms with Crippen molar-refractivity contribution in [2.75, 3.05) is 25.6 Å². The minimum atomic E-state index is -3.33. The number of hydrogen-bond acceptors (Lipinski definition) is 7. The Morgan fingerprint density at radius 3 is 1.39 bits per heavy atom. The lowest BCUT2D eigenvalue weighted by atomic mass is 10.2. The summed E-state index contributed by atoms with van der Waals surface area (Å²) >= 11 is 0. The second-order valence-electron chi connectivity index (χ2n) is 6.56. The molecule has 0 spiro atoms. The smallest absolute Gasteiger partial charge is 0.205 e. The van der Waals surface area contributed by atoms with Gasteiger partial charge in [-0.05, 0) is 46.8 Å². The van der Waals surface area contributed by atoms with Gasteiger partial charge in [0.25, 0.3) is 0 Å². The molecule has 0 heterocycles. The average Bonchev–Trinajstić information content (AvgIpc) is 2.62. The zero-order valence-corrected chi connectivity index (χ0v) is 19.2. The number of benzene rings is 2. The first-order valence-electron chi connectivity index (χ1n) is 8.65. The largest absolute Gasteiger partial charge is 0.305 e. The predicted octanol–water partition coefficient (Wildman–Crippen LogP) is 3.44. The van der Waals surface area contributed by atoms with Crippen molar-refractivity contribution in [1.82, 2.24) is 4.90 Å². The van der Waals surface area contributed by atoms with E-state index in [1.807, 2.05) is 55.4 Å². The zero-order chi connectivity index (χ0) is 20.6. The Hall–Kier alpha value is -1.00. The summed E-state index contributed by atoms with van der Waals surface area (Å²) in [5.41, 5.74) is 1.49. The molecule has 0 saturated carbocycles. The maximum Gasteiger partial charge on any atom is 0.205 e. The molecule has 28 heavy (non-hydrogen) atoms. The van der Waals surface area contributed by atoms with Crippen LogP contribution in [0.25, 0.3) is 0 Å². The first kappa shape index (κ1) is 23.3. The van der Waals surface area contributed by atoms with Crippen molar-refractivity contribution in [2.45, 2.75) is 17.5 Å². The van der Waals surface area contributed by atoms with Crippen molar-refractivity contribution in [3.8, 4) is 0 Å². The normalized spacial score (nSPS) is 12.6. The van der Waals surface area contributed by atoms with Gasteiger partial charge in [0.1, 0.15) is 0 Å². The number of nitrogens with zero attached hydrogens (tertiary/aromatic N) is 1. The van der Waals surface area contributed by atoms with Crippen molar-refractivity contribution in [2.24, 2.45) is 0 Å². The van der Waals surface area contributed by atoms with Gasteiger partial charge in [-0.1, -0.05) is 60.7 Å². The van der Waals surface area contributed by atoms with Crippen LogP contribution in [0.15, 0.2) is 60.7 Å². The highest BCUT2D eigenvalue weighted by atomic mass is 33.1. The van der Waals surface area contributed by atoms with E-state index < -0.39 is 17.7 Å². The van der Waals surface area contributed by atoms with E-state index in [0.29, 0.717) is 11.5 Å². The third-order valence-corrected chi connectivity index (χ3v) is 10.8. The average molecular weight is 460 g/mol. The van der Waals surface area contributed by atoms with Crippen LogP contribution >= 0.6 is 21.6 Å². The molecule has 0 aromatic heterocycles. The van der Waals surface area contributed by atoms with Crippen LogP contribution in [0.5, 0.6) is 0 Å². The van der Waals surface area contributed by atoms with E-state index in [4.69, 9.17) is 0 Å². The summed E-state index contributed by atoms with van der Waals surface area (Å²) in [6.07, 6.45) is 0. The second-order valence-corrected chi connectivity index (χ2v) is 15.0. The molecule has 154 valence electrons. The molecule has 0 fully saturated rings. The minimum absolute atomic E-state index is 0.0297. The summed E-state index contributed by atoms with van der Waals surface area (Å²) in [6.45, 7) is 0. The van der Waals surface area contributed by atoms with E-state index in [0.717, 1.165) is 32.7 Å². The molecule has 0 bridgehead atoms. The van der Waals surface area contributed by atoms with E-state index in [2.05, 4.69) is 0 Å². The van der Waals surface area contributed by atoms with Gasteiger partial charge < -0.3 is 4.90 Å². The molecular weight excluding hydrogens is 434 g/mol. The van der Waals surface area contributed by atoms with Gasteiger partial charge in [0.05, 0.1) is 11.5 Å². The monoisotopic (exact) mass is 459 g/mol. The Labute approximate surface area is 175 Å². The molecule has 0 unspecified atom stereocenters. The van der Waals surface area contributed by atoms with Crippen LogP contribution < -0.4 is 0 Å². The molecule has 2 aromatic rings. The molecule has 2 rings (SSSR count). The Balaban J connectivity index is 1.90. The highest BCUT2D eigenvalue weighted by Crippen LogP contribution is 2.25. The Morgan fingerprint density at radius 2 is 1.07 bits per heavy atom. The summed E-state index contributed by atoms with van der Waals surface area (Å²) in [5, 5.41) is 0. The van der Waals surface area contributed by atoms with E-state index in [1.165, 1.54) is 0 Å². The van der Waals surface area contributed by atoms with Crippen LogP contribution in [0, 0.1) is 0 Å². The molecule has 0 amide bonds. The highest BCUT2D eigenvalue weighted by molar-refractivity contribution is 8.72. The van der Waals surface area contributed by atoms with Crippen molar-refractivity contribution in [3.05, 3.63) is 71.8 Å². The van der Waals surface area contributed by atoms with Crippen LogP contribution in [0.3, 0.4) is 0 Å². The van der Waals surface area contributed by atoms with Crippen molar-refractivity contribution >= 4 is 39.3 Å². The van der Waals surface area contributed by atoms with Gasteiger partial charge in [-0.2, -0.15) is 0 Å². The van der Waals surface area contributed by atoms with Gasteiger partial charge in [-0.15, -0.1) is 0 Å². The van der Waals surface area contributed by atoms with Crippen LogP contribution in [0.4, 0.5) is 0 Å². The molecule has 0 aliphatic rings. The Bertz CT molecular complexity index is 855. The van der Waals surface area contributed by atoms with Gasteiger partial charge >= 0.3 is 0 Å². The fourth-order valence-electron chi connectivity index (χ4n) is 2.35. The summed E-state index contributed by atoms with van der Waals surface area (Å²) in [4.78, 5) is 1.87. The van der Waals surface area contributed by atoms with Gasteiger partial charge in [0, 0.05) is 17.5 Å². The fraction of sp³-hybridized carbons (Fsp3) is 0.368. The minimum Gasteiger partial charge on any atom is -0.305 e. The fourth-order valence-corrected chi connectivity index (χ4v) is 8.93. The molecule has 0 saturated heterocycles. The highest BCUT2D eigenvalue weighted by Gasteiger charge is 2.22. The van der Waals surface area contributed by atoms with E-state index >= 15 is 0 Å². The third-order valence-electron chi connectivity index (χ3n) is 3.98. The Kier molecular flexibility index (Phi) is 8.88. The lowest BCUT2D eigenvalue weighted by Gasteiger charge is -2.23. The van der Waals surface area contributed by atoms with Crippen molar-refractivity contribution in [1.29, 1.82) is 0 Å². The lowest BCUT2D eigenvalue weighted by Crippen LogP contribution is -2.33. The van der Waals surface area contributed by atoms with E-state index in [9.17, 15) is 16.8 Å². The molecule has 0 aliphatic carbocycles. The molecule has 5 nitrogen and oxygen atoms in total. The molecular formula is C19H25NO4S4. The van der Waals surface area contributed by atoms with Crippen molar-refractivity contribution < 1.29 is 16.8 Å². The first-order valence-corrected chi connectivity index (χ1v) is 15.0. The molecule has 0 radical (unpaired) electrons. The molecule has 0 N–H and O–H groups in total. The standard InChI is InChI=1S/C19H25NO4S4/c1-20(2)19(13-25-27(21,22)15-17-9-5-3-6-10-17)14-26-28(23,24)16-18-11-7-4-8-12-18/h3-12,19H,13-16H2,1-2H3. The number of rotatable bonds is 11. The molecule has 2 aromatic carbocycles. The predicted molar refractivity (Wildman–Crippen MR) is 121 cm³/mol. The molecule has 0 aliphatic heterocycles. The summed E-state index contributed by atoms with van der Waals surface area (Å²) < 4.78 is 49.6. The van der Waals surface area contributed by atoms with Gasteiger partial charge in [0.15, 0.2) is 0 Å². The SMILES string of the molecule is CN(C)C(CSS(=O)(=O)Cc1ccccc1)CSS(=O)(=O)Cc1ccccc1. The maximum absolute atomic E-state index is 12.4. The van der Waals surface area contributed by atoms with Crippen LogP contribution in [0.1, 0.15) is 11.1 Å². The van der Waals surface area contributed by atoms with Crippen LogP contribution in [-0.2, 0) is 29.2 Å². The molecule has 0 atom stereocenters. The van der Waals surface area contributed by atoms with Gasteiger partial charge in [0.2, 0.25) is 17.7 Å². The Morgan fingerprint density at radius 1 is 0.714 bits per heavy atom. The first-order chi connectivity index (χ1) is 13.2. The summed E-state index contributed by atoms with van der Waals surface area (Å²) in [7, 11) is -1.23. The number of hydrogen-bond donors (Lipinski definition) is 0. The third kappa shape index (κ3) is 8.57.